The van der Waals surface area contributed by atoms with Crippen LogP contribution in [-0.2, 0) is 13.0 Å². The third-order valence-corrected chi connectivity index (χ3v) is 4.54. The van der Waals surface area contributed by atoms with Crippen LogP contribution in [0.1, 0.15) is 36.0 Å². The van der Waals surface area contributed by atoms with E-state index in [1.165, 1.54) is 0 Å². The minimum Gasteiger partial charge on any atom is -0.360 e. The first-order valence-electron chi connectivity index (χ1n) is 8.77. The van der Waals surface area contributed by atoms with E-state index in [-0.39, 0.29) is 6.04 Å². The molecule has 25 heavy (non-hydrogen) atoms. The number of alkyl halides is 1. The minimum atomic E-state index is -0.774. The monoisotopic (exact) mass is 351 g/mol. The van der Waals surface area contributed by atoms with Gasteiger partial charge in [-0.3, -0.25) is 4.90 Å². The first-order chi connectivity index (χ1) is 12.0. The quantitative estimate of drug-likeness (QED) is 0.721. The van der Waals surface area contributed by atoms with Crippen LogP contribution in [0.4, 0.5) is 4.39 Å². The summed E-state index contributed by atoms with van der Waals surface area (Å²) >= 11 is 0. The number of nitrogens with zero attached hydrogens (tertiary/aromatic N) is 5. The van der Waals surface area contributed by atoms with Crippen LogP contribution in [0.2, 0.25) is 0 Å². The molecule has 7 nitrogen and oxygen atoms in total. The lowest BCUT2D eigenvalue weighted by atomic mass is 10.2. The van der Waals surface area contributed by atoms with Gasteiger partial charge < -0.3 is 13.9 Å². The Bertz CT molecular complexity index is 674. The van der Waals surface area contributed by atoms with Gasteiger partial charge in [0, 0.05) is 31.6 Å². The van der Waals surface area contributed by atoms with Crippen molar-refractivity contribution in [1.82, 2.24) is 25.1 Å². The summed E-state index contributed by atoms with van der Waals surface area (Å²) < 4.78 is 24.3. The van der Waals surface area contributed by atoms with Crippen LogP contribution in [-0.4, -0.2) is 64.0 Å². The molecule has 1 saturated heterocycles. The van der Waals surface area contributed by atoms with E-state index in [1.807, 2.05) is 19.9 Å². The van der Waals surface area contributed by atoms with Crippen LogP contribution in [0.15, 0.2) is 15.1 Å². The lowest BCUT2D eigenvalue weighted by Gasteiger charge is -2.27. The molecule has 0 aliphatic carbocycles. The maximum atomic E-state index is 13.9. The Labute approximate surface area is 147 Å². The normalized spacial score (nSPS) is 21.5. The highest BCUT2D eigenvalue weighted by Gasteiger charge is 2.33. The molecular weight excluding hydrogens is 325 g/mol. The number of likely N-dealkylation sites (N-methyl/N-ethyl adjacent to an activating group) is 1. The Balaban J connectivity index is 1.45. The molecular formula is C17H26FN5O2. The first kappa shape index (κ1) is 18.0. The maximum Gasteiger partial charge on any atom is 0.226 e. The predicted octanol–water partition coefficient (Wildman–Crippen LogP) is 2.15. The molecule has 8 heteroatoms. The SMILES string of the molecule is Cc1cc(CN2C[C@@H](F)C[C@H]2CN(C)CCCc2nc(C)no2)on1. The summed E-state index contributed by atoms with van der Waals surface area (Å²) in [5.74, 6) is 2.14. The smallest absolute Gasteiger partial charge is 0.226 e. The summed E-state index contributed by atoms with van der Waals surface area (Å²) in [6.07, 6.45) is 1.50. The van der Waals surface area contributed by atoms with E-state index < -0.39 is 6.17 Å². The Morgan fingerprint density at radius 1 is 1.32 bits per heavy atom. The zero-order valence-corrected chi connectivity index (χ0v) is 15.1. The number of likely N-dealkylation sites (tertiary alicyclic amines) is 1. The fourth-order valence-corrected chi connectivity index (χ4v) is 3.39. The summed E-state index contributed by atoms with van der Waals surface area (Å²) in [5.41, 5.74) is 0.857. The van der Waals surface area contributed by atoms with Gasteiger partial charge in [-0.1, -0.05) is 10.3 Å². The van der Waals surface area contributed by atoms with Gasteiger partial charge in [0.1, 0.15) is 6.17 Å². The Morgan fingerprint density at radius 3 is 2.84 bits per heavy atom. The van der Waals surface area contributed by atoms with Gasteiger partial charge >= 0.3 is 0 Å². The standard InChI is InChI=1S/C17H26FN5O2/c1-12-7-16(24-20-12)11-23-9-14(18)8-15(23)10-22(3)6-4-5-17-19-13(2)21-25-17/h7,14-15H,4-6,8-11H2,1-3H3/t14-,15-/m0/s1. The molecule has 0 bridgehead atoms. The van der Waals surface area contributed by atoms with Crippen molar-refractivity contribution < 1.29 is 13.4 Å². The number of hydrogen-bond donors (Lipinski definition) is 0. The van der Waals surface area contributed by atoms with Gasteiger partial charge in [0.25, 0.3) is 0 Å². The van der Waals surface area contributed by atoms with Crippen LogP contribution in [0.5, 0.6) is 0 Å². The summed E-state index contributed by atoms with van der Waals surface area (Å²) in [6, 6.07) is 2.11. The van der Waals surface area contributed by atoms with Gasteiger partial charge in [-0.05, 0) is 40.3 Å². The van der Waals surface area contributed by atoms with E-state index in [2.05, 4.69) is 32.1 Å². The highest BCUT2D eigenvalue weighted by atomic mass is 19.1. The summed E-state index contributed by atoms with van der Waals surface area (Å²) in [6.45, 7) is 6.52. The predicted molar refractivity (Wildman–Crippen MR) is 89.8 cm³/mol. The molecule has 0 unspecified atom stereocenters. The topological polar surface area (TPSA) is 71.4 Å². The van der Waals surface area contributed by atoms with Gasteiger partial charge in [-0.15, -0.1) is 0 Å². The Morgan fingerprint density at radius 2 is 2.16 bits per heavy atom. The van der Waals surface area contributed by atoms with Crippen molar-refractivity contribution in [1.29, 1.82) is 0 Å². The molecule has 2 aromatic heterocycles. The van der Waals surface area contributed by atoms with E-state index in [0.717, 1.165) is 37.4 Å². The minimum absolute atomic E-state index is 0.191. The highest BCUT2D eigenvalue weighted by Crippen LogP contribution is 2.23. The second-order valence-electron chi connectivity index (χ2n) is 6.95. The molecule has 3 heterocycles. The van der Waals surface area contributed by atoms with Gasteiger partial charge in [-0.2, -0.15) is 4.98 Å². The van der Waals surface area contributed by atoms with E-state index >= 15 is 0 Å². The number of halogens is 1. The van der Waals surface area contributed by atoms with Crippen molar-refractivity contribution in [3.05, 3.63) is 29.2 Å². The fraction of sp³-hybridized carbons (Fsp3) is 0.706. The third-order valence-electron chi connectivity index (χ3n) is 4.54. The molecule has 2 aromatic rings. The molecule has 0 spiro atoms. The fourth-order valence-electron chi connectivity index (χ4n) is 3.39. The van der Waals surface area contributed by atoms with Gasteiger partial charge in [0.2, 0.25) is 5.89 Å². The van der Waals surface area contributed by atoms with Crippen molar-refractivity contribution >= 4 is 0 Å². The van der Waals surface area contributed by atoms with E-state index in [1.54, 1.807) is 0 Å². The second-order valence-corrected chi connectivity index (χ2v) is 6.95. The van der Waals surface area contributed by atoms with Gasteiger partial charge in [-0.25, -0.2) is 4.39 Å². The molecule has 0 saturated carbocycles. The largest absolute Gasteiger partial charge is 0.360 e. The number of aryl methyl sites for hydroxylation is 3. The van der Waals surface area contributed by atoms with Gasteiger partial charge in [0.05, 0.1) is 12.2 Å². The Kier molecular flexibility index (Phi) is 5.80. The molecule has 1 aliphatic rings. The van der Waals surface area contributed by atoms with Crippen LogP contribution in [0.25, 0.3) is 0 Å². The lowest BCUT2D eigenvalue weighted by molar-refractivity contribution is 0.167. The number of rotatable bonds is 8. The van der Waals surface area contributed by atoms with Crippen molar-refractivity contribution in [2.24, 2.45) is 0 Å². The summed E-state index contributed by atoms with van der Waals surface area (Å²) in [7, 11) is 2.07. The molecule has 1 aliphatic heterocycles. The highest BCUT2D eigenvalue weighted by molar-refractivity contribution is 5.04. The third kappa shape index (κ3) is 5.09. The maximum absolute atomic E-state index is 13.9. The molecule has 3 rings (SSSR count). The molecule has 0 radical (unpaired) electrons. The van der Waals surface area contributed by atoms with E-state index in [9.17, 15) is 4.39 Å². The molecule has 0 amide bonds. The lowest BCUT2D eigenvalue weighted by Crippen LogP contribution is -2.38. The first-order valence-corrected chi connectivity index (χ1v) is 8.77. The summed E-state index contributed by atoms with van der Waals surface area (Å²) in [5, 5.41) is 7.70. The van der Waals surface area contributed by atoms with Crippen molar-refractivity contribution in [2.75, 3.05) is 26.7 Å². The van der Waals surface area contributed by atoms with Crippen molar-refractivity contribution in [3.63, 3.8) is 0 Å². The molecule has 0 aromatic carbocycles. The van der Waals surface area contributed by atoms with Crippen LogP contribution in [0, 0.1) is 13.8 Å². The van der Waals surface area contributed by atoms with Crippen LogP contribution >= 0.6 is 0 Å². The zero-order chi connectivity index (χ0) is 17.8. The summed E-state index contributed by atoms with van der Waals surface area (Å²) in [4.78, 5) is 8.61. The zero-order valence-electron chi connectivity index (χ0n) is 15.1. The average Bonchev–Trinajstić information content (AvgIpc) is 3.22. The number of aromatic nitrogens is 3. The van der Waals surface area contributed by atoms with E-state index in [4.69, 9.17) is 9.05 Å². The van der Waals surface area contributed by atoms with Crippen molar-refractivity contribution in [3.8, 4) is 0 Å². The molecule has 2 atom stereocenters. The van der Waals surface area contributed by atoms with E-state index in [0.29, 0.717) is 31.2 Å². The second kappa shape index (κ2) is 8.05. The molecule has 138 valence electrons. The van der Waals surface area contributed by atoms with Gasteiger partial charge in [0.15, 0.2) is 11.6 Å². The Hall–Kier alpha value is -1.80. The van der Waals surface area contributed by atoms with Crippen molar-refractivity contribution in [2.45, 2.75) is 51.9 Å². The molecule has 0 N–H and O–H groups in total. The van der Waals surface area contributed by atoms with Crippen LogP contribution in [0.3, 0.4) is 0 Å². The average molecular weight is 351 g/mol. The molecule has 1 fully saturated rings. The van der Waals surface area contributed by atoms with Crippen LogP contribution < -0.4 is 0 Å². The number of hydrogen-bond acceptors (Lipinski definition) is 7.